The highest BCUT2D eigenvalue weighted by Gasteiger charge is 2.20. The number of piperidine rings is 1. The molecule has 6 heteroatoms. The summed E-state index contributed by atoms with van der Waals surface area (Å²) in [6, 6.07) is 18.8. The molecule has 0 aromatic heterocycles. The molecule has 2 N–H and O–H groups in total. The van der Waals surface area contributed by atoms with Gasteiger partial charge in [0, 0.05) is 58.1 Å². The molecule has 0 saturated carbocycles. The van der Waals surface area contributed by atoms with Gasteiger partial charge < -0.3 is 20.4 Å². The summed E-state index contributed by atoms with van der Waals surface area (Å²) in [5.74, 6) is 0.859. The number of anilines is 1. The summed E-state index contributed by atoms with van der Waals surface area (Å²) in [6.07, 6.45) is 3.13. The molecule has 1 fully saturated rings. The van der Waals surface area contributed by atoms with Gasteiger partial charge in [-0.05, 0) is 49.1 Å². The van der Waals surface area contributed by atoms with Crippen molar-refractivity contribution in [2.24, 2.45) is 4.99 Å². The summed E-state index contributed by atoms with van der Waals surface area (Å²) in [4.78, 5) is 20.6. The van der Waals surface area contributed by atoms with Crippen molar-refractivity contribution in [3.8, 4) is 0 Å². The van der Waals surface area contributed by atoms with Crippen molar-refractivity contribution in [1.29, 1.82) is 0 Å². The Kier molecular flexibility index (Phi) is 7.71. The summed E-state index contributed by atoms with van der Waals surface area (Å²) in [7, 11) is 5.36. The Morgan fingerprint density at radius 1 is 1.17 bits per heavy atom. The molecule has 1 atom stereocenters. The molecule has 1 aliphatic heterocycles. The third-order valence-electron chi connectivity index (χ3n) is 5.39. The minimum Gasteiger partial charge on any atom is -0.369 e. The second-order valence-corrected chi connectivity index (χ2v) is 7.91. The van der Waals surface area contributed by atoms with Crippen molar-refractivity contribution in [1.82, 2.24) is 15.5 Å². The molecule has 3 rings (SSSR count). The van der Waals surface area contributed by atoms with E-state index in [9.17, 15) is 4.79 Å². The zero-order chi connectivity index (χ0) is 21.3. The van der Waals surface area contributed by atoms with Crippen LogP contribution in [0.15, 0.2) is 59.6 Å². The van der Waals surface area contributed by atoms with Gasteiger partial charge in [0.1, 0.15) is 0 Å². The number of guanidine groups is 1. The second-order valence-electron chi connectivity index (χ2n) is 7.91. The van der Waals surface area contributed by atoms with Gasteiger partial charge in [0.15, 0.2) is 5.96 Å². The quantitative estimate of drug-likeness (QED) is 0.571. The first-order valence-electron chi connectivity index (χ1n) is 10.6. The molecule has 30 heavy (non-hydrogen) atoms. The number of nitrogens with zero attached hydrogens (tertiary/aromatic N) is 3. The molecule has 1 unspecified atom stereocenters. The summed E-state index contributed by atoms with van der Waals surface area (Å²) in [5.41, 5.74) is 3.14. The summed E-state index contributed by atoms with van der Waals surface area (Å²) >= 11 is 0. The molecule has 2 aromatic rings. The lowest BCUT2D eigenvalue weighted by molar-refractivity contribution is 0.0827. The Labute approximate surface area is 180 Å². The summed E-state index contributed by atoms with van der Waals surface area (Å²) < 4.78 is 0. The standard InChI is InChI=1S/C24H33N5O/c1-25-24(26-15-14-19-9-7-10-20(17-19)23(30)28(2)3)27-21-11-8-16-29(18-21)22-12-5-4-6-13-22/h4-7,9-10,12-13,17,21H,8,11,14-16,18H2,1-3H3,(H2,25,26,27). The van der Waals surface area contributed by atoms with Crippen molar-refractivity contribution in [3.63, 3.8) is 0 Å². The average molecular weight is 408 g/mol. The van der Waals surface area contributed by atoms with Crippen molar-refractivity contribution < 1.29 is 4.79 Å². The number of hydrogen-bond acceptors (Lipinski definition) is 3. The van der Waals surface area contributed by atoms with Gasteiger partial charge in [-0.15, -0.1) is 0 Å². The maximum absolute atomic E-state index is 12.2. The van der Waals surface area contributed by atoms with Crippen LogP contribution in [0.4, 0.5) is 5.69 Å². The van der Waals surface area contributed by atoms with Gasteiger partial charge in [-0.25, -0.2) is 0 Å². The maximum atomic E-state index is 12.2. The number of rotatable bonds is 6. The number of carbonyl (C=O) groups excluding carboxylic acids is 1. The molecule has 160 valence electrons. The third kappa shape index (κ3) is 5.99. The zero-order valence-corrected chi connectivity index (χ0v) is 18.3. The summed E-state index contributed by atoms with van der Waals surface area (Å²) in [6.45, 7) is 2.82. The maximum Gasteiger partial charge on any atom is 0.253 e. The fourth-order valence-electron chi connectivity index (χ4n) is 3.80. The number of para-hydroxylation sites is 1. The predicted octanol–water partition coefficient (Wildman–Crippen LogP) is 2.76. The molecule has 6 nitrogen and oxygen atoms in total. The highest BCUT2D eigenvalue weighted by Crippen LogP contribution is 2.19. The van der Waals surface area contributed by atoms with Crippen LogP contribution in [0, 0.1) is 0 Å². The van der Waals surface area contributed by atoms with E-state index in [1.807, 2.05) is 25.2 Å². The monoisotopic (exact) mass is 407 g/mol. The Hall–Kier alpha value is -3.02. The van der Waals surface area contributed by atoms with Crippen LogP contribution in [-0.2, 0) is 6.42 Å². The van der Waals surface area contributed by atoms with Crippen LogP contribution < -0.4 is 15.5 Å². The highest BCUT2D eigenvalue weighted by molar-refractivity contribution is 5.94. The van der Waals surface area contributed by atoms with Crippen LogP contribution in [0.25, 0.3) is 0 Å². The molecular formula is C24H33N5O. The Bertz CT molecular complexity index is 850. The van der Waals surface area contributed by atoms with Crippen molar-refractivity contribution in [3.05, 3.63) is 65.7 Å². The number of amides is 1. The van der Waals surface area contributed by atoms with E-state index in [4.69, 9.17) is 0 Å². The molecule has 2 aromatic carbocycles. The Morgan fingerprint density at radius 2 is 1.97 bits per heavy atom. The van der Waals surface area contributed by atoms with Gasteiger partial charge >= 0.3 is 0 Å². The first kappa shape index (κ1) is 21.7. The topological polar surface area (TPSA) is 60.0 Å². The Balaban J connectivity index is 1.49. The van der Waals surface area contributed by atoms with Gasteiger partial charge in [-0.2, -0.15) is 0 Å². The number of aliphatic imine (C=N–C) groups is 1. The van der Waals surface area contributed by atoms with Crippen LogP contribution in [0.3, 0.4) is 0 Å². The normalized spacial score (nSPS) is 16.8. The van der Waals surface area contributed by atoms with Crippen LogP contribution in [0.1, 0.15) is 28.8 Å². The van der Waals surface area contributed by atoms with E-state index in [2.05, 4.69) is 56.9 Å². The predicted molar refractivity (Wildman–Crippen MR) is 124 cm³/mol. The van der Waals surface area contributed by atoms with E-state index in [0.29, 0.717) is 6.04 Å². The van der Waals surface area contributed by atoms with Gasteiger partial charge in [0.05, 0.1) is 0 Å². The first-order chi connectivity index (χ1) is 14.6. The van der Waals surface area contributed by atoms with E-state index in [1.54, 1.807) is 19.0 Å². The fraction of sp³-hybridized carbons (Fsp3) is 0.417. The molecule has 0 spiro atoms. The molecule has 0 aliphatic carbocycles. The lowest BCUT2D eigenvalue weighted by atomic mass is 10.0. The largest absolute Gasteiger partial charge is 0.369 e. The Morgan fingerprint density at radius 3 is 2.70 bits per heavy atom. The minimum absolute atomic E-state index is 0.0301. The van der Waals surface area contributed by atoms with E-state index < -0.39 is 0 Å². The smallest absolute Gasteiger partial charge is 0.253 e. The summed E-state index contributed by atoms with van der Waals surface area (Å²) in [5, 5.41) is 6.99. The van der Waals surface area contributed by atoms with E-state index in [0.717, 1.165) is 56.0 Å². The number of benzene rings is 2. The molecule has 1 aliphatic rings. The second kappa shape index (κ2) is 10.7. The van der Waals surface area contributed by atoms with E-state index in [1.165, 1.54) is 5.69 Å². The molecule has 1 saturated heterocycles. The number of hydrogen-bond donors (Lipinski definition) is 2. The van der Waals surface area contributed by atoms with Crippen molar-refractivity contribution in [2.45, 2.75) is 25.3 Å². The van der Waals surface area contributed by atoms with E-state index >= 15 is 0 Å². The van der Waals surface area contributed by atoms with Crippen LogP contribution in [0.5, 0.6) is 0 Å². The molecule has 1 heterocycles. The van der Waals surface area contributed by atoms with Crippen LogP contribution in [0.2, 0.25) is 0 Å². The average Bonchev–Trinajstić information content (AvgIpc) is 2.78. The molecule has 0 radical (unpaired) electrons. The third-order valence-corrected chi connectivity index (χ3v) is 5.39. The van der Waals surface area contributed by atoms with Crippen molar-refractivity contribution in [2.75, 3.05) is 45.7 Å². The van der Waals surface area contributed by atoms with Gasteiger partial charge in [0.25, 0.3) is 5.91 Å². The molecular weight excluding hydrogens is 374 g/mol. The minimum atomic E-state index is 0.0301. The fourth-order valence-corrected chi connectivity index (χ4v) is 3.80. The van der Waals surface area contributed by atoms with Gasteiger partial charge in [-0.1, -0.05) is 30.3 Å². The van der Waals surface area contributed by atoms with Gasteiger partial charge in [-0.3, -0.25) is 9.79 Å². The van der Waals surface area contributed by atoms with Crippen LogP contribution >= 0.6 is 0 Å². The SMILES string of the molecule is CN=C(NCCc1cccc(C(=O)N(C)C)c1)NC1CCCN(c2ccccc2)C1. The van der Waals surface area contributed by atoms with Crippen LogP contribution in [-0.4, -0.2) is 63.6 Å². The lowest BCUT2D eigenvalue weighted by Gasteiger charge is -2.35. The molecule has 1 amide bonds. The number of carbonyl (C=O) groups is 1. The molecule has 0 bridgehead atoms. The van der Waals surface area contributed by atoms with Crippen molar-refractivity contribution >= 4 is 17.6 Å². The highest BCUT2D eigenvalue weighted by atomic mass is 16.2. The van der Waals surface area contributed by atoms with Gasteiger partial charge in [0.2, 0.25) is 0 Å². The zero-order valence-electron chi connectivity index (χ0n) is 18.3. The van der Waals surface area contributed by atoms with E-state index in [-0.39, 0.29) is 5.91 Å². The first-order valence-corrected chi connectivity index (χ1v) is 10.6. The lowest BCUT2D eigenvalue weighted by Crippen LogP contribution is -2.51. The number of nitrogens with one attached hydrogen (secondary N) is 2.